The van der Waals surface area contributed by atoms with E-state index in [1.165, 1.54) is 12.1 Å². The van der Waals surface area contributed by atoms with Crippen LogP contribution in [0.3, 0.4) is 0 Å². The Kier molecular flexibility index (Phi) is 12.3. The van der Waals surface area contributed by atoms with Crippen molar-refractivity contribution in [2.75, 3.05) is 51.5 Å². The second kappa shape index (κ2) is 16.3. The number of nitrogens with one attached hydrogen (secondary N) is 2. The van der Waals surface area contributed by atoms with Gasteiger partial charge in [-0.05, 0) is 47.9 Å². The topological polar surface area (TPSA) is 112 Å². The number of nitrogens with zero attached hydrogens (tertiary/aromatic N) is 2. The fourth-order valence-corrected chi connectivity index (χ4v) is 5.18. The number of rotatable bonds is 17. The fraction of sp³-hybridized carbons (Fsp3) is 0.290. The number of hydrogen-bond acceptors (Lipinski definition) is 8. The summed E-state index contributed by atoms with van der Waals surface area (Å²) in [7, 11) is -3.69. The first-order chi connectivity index (χ1) is 20.5. The highest BCUT2D eigenvalue weighted by Crippen LogP contribution is 2.30. The molecule has 0 fully saturated rings. The number of hydrogen-bond donors (Lipinski definition) is 2. The molecule has 0 amide bonds. The third-order valence-electron chi connectivity index (χ3n) is 6.04. The van der Waals surface area contributed by atoms with Gasteiger partial charge in [0.2, 0.25) is 16.0 Å². The molecule has 2 N–H and O–H groups in total. The molecular formula is C31H35ClN4O5S. The zero-order chi connectivity index (χ0) is 29.6. The number of benzene rings is 3. The molecule has 1 heterocycles. The minimum atomic E-state index is -3.69. The van der Waals surface area contributed by atoms with Crippen LogP contribution in [0, 0.1) is 0 Å². The van der Waals surface area contributed by atoms with Gasteiger partial charge in [0.15, 0.2) is 0 Å². The summed E-state index contributed by atoms with van der Waals surface area (Å²) in [5.74, 6) is 0.336. The highest BCUT2D eigenvalue weighted by Gasteiger charge is 2.14. The van der Waals surface area contributed by atoms with Gasteiger partial charge in [-0.3, -0.25) is 0 Å². The quantitative estimate of drug-likeness (QED) is 0.141. The van der Waals surface area contributed by atoms with Crippen LogP contribution in [0.15, 0.2) is 90.0 Å². The Morgan fingerprint density at radius 3 is 2.12 bits per heavy atom. The van der Waals surface area contributed by atoms with Gasteiger partial charge in [0.1, 0.15) is 0 Å². The van der Waals surface area contributed by atoms with E-state index in [1.54, 1.807) is 18.3 Å². The maximum Gasteiger partial charge on any atom is 0.240 e. The molecule has 0 aliphatic carbocycles. The predicted molar refractivity (Wildman–Crippen MR) is 166 cm³/mol. The minimum Gasteiger partial charge on any atom is -0.379 e. The Hall–Kier alpha value is -3.38. The van der Waals surface area contributed by atoms with Gasteiger partial charge in [-0.25, -0.2) is 23.1 Å². The van der Waals surface area contributed by atoms with E-state index in [1.807, 2.05) is 54.6 Å². The van der Waals surface area contributed by atoms with E-state index in [2.05, 4.69) is 26.9 Å². The van der Waals surface area contributed by atoms with Crippen molar-refractivity contribution in [1.82, 2.24) is 14.7 Å². The Labute approximate surface area is 252 Å². The van der Waals surface area contributed by atoms with E-state index in [0.29, 0.717) is 48.8 Å². The van der Waals surface area contributed by atoms with Gasteiger partial charge in [-0.15, -0.1) is 0 Å². The van der Waals surface area contributed by atoms with Gasteiger partial charge in [-0.2, -0.15) is 0 Å². The Bertz CT molecular complexity index is 1510. The molecular weight excluding hydrogens is 576 g/mol. The normalized spacial score (nSPS) is 11.5. The lowest BCUT2D eigenvalue weighted by molar-refractivity contribution is 0.0158. The van der Waals surface area contributed by atoms with Crippen molar-refractivity contribution in [2.24, 2.45) is 0 Å². The van der Waals surface area contributed by atoms with Crippen LogP contribution in [0.2, 0.25) is 5.02 Å². The molecule has 0 unspecified atom stereocenters. The van der Waals surface area contributed by atoms with Gasteiger partial charge >= 0.3 is 0 Å². The van der Waals surface area contributed by atoms with Gasteiger partial charge in [0, 0.05) is 24.4 Å². The third kappa shape index (κ3) is 9.59. The van der Waals surface area contributed by atoms with Crippen molar-refractivity contribution in [2.45, 2.75) is 18.2 Å². The molecule has 42 heavy (non-hydrogen) atoms. The highest BCUT2D eigenvalue weighted by molar-refractivity contribution is 7.89. The minimum absolute atomic E-state index is 0.138. The molecule has 0 saturated heterocycles. The van der Waals surface area contributed by atoms with Gasteiger partial charge < -0.3 is 19.5 Å². The van der Waals surface area contributed by atoms with Gasteiger partial charge in [-0.1, -0.05) is 67.1 Å². The molecule has 222 valence electrons. The van der Waals surface area contributed by atoms with Gasteiger partial charge in [0.05, 0.1) is 54.8 Å². The maximum absolute atomic E-state index is 12.7. The molecule has 0 saturated carbocycles. The molecule has 0 aliphatic heterocycles. The van der Waals surface area contributed by atoms with Crippen molar-refractivity contribution in [3.8, 4) is 22.4 Å². The first-order valence-electron chi connectivity index (χ1n) is 13.7. The van der Waals surface area contributed by atoms with Crippen LogP contribution in [0.25, 0.3) is 22.4 Å². The zero-order valence-corrected chi connectivity index (χ0v) is 25.0. The largest absolute Gasteiger partial charge is 0.379 e. The molecule has 0 radical (unpaired) electrons. The number of halogens is 1. The Balaban J connectivity index is 1.28. The molecule has 0 aliphatic rings. The summed E-state index contributed by atoms with van der Waals surface area (Å²) in [5.41, 5.74) is 4.21. The van der Waals surface area contributed by atoms with Crippen molar-refractivity contribution in [3.63, 3.8) is 0 Å². The van der Waals surface area contributed by atoms with E-state index >= 15 is 0 Å². The SMILES string of the molecule is CCCOCCOCCOCCNS(=O)(=O)c1ccc(Nc2ncc(Cl)c(-c3cccc(-c4ccccc4)c3)n2)cc1. The maximum atomic E-state index is 12.7. The van der Waals surface area contributed by atoms with Gasteiger partial charge in [0.25, 0.3) is 0 Å². The van der Waals surface area contributed by atoms with Crippen molar-refractivity contribution in [3.05, 3.63) is 90.1 Å². The smallest absolute Gasteiger partial charge is 0.240 e. The highest BCUT2D eigenvalue weighted by atomic mass is 35.5. The fourth-order valence-electron chi connectivity index (χ4n) is 3.97. The summed E-state index contributed by atoms with van der Waals surface area (Å²) in [6.07, 6.45) is 2.52. The van der Waals surface area contributed by atoms with E-state index in [4.69, 9.17) is 25.8 Å². The lowest BCUT2D eigenvalue weighted by atomic mass is 10.0. The predicted octanol–water partition coefficient (Wildman–Crippen LogP) is 5.95. The Morgan fingerprint density at radius 2 is 1.40 bits per heavy atom. The van der Waals surface area contributed by atoms with Crippen LogP contribution in [0.5, 0.6) is 0 Å². The number of ether oxygens (including phenoxy) is 3. The average Bonchev–Trinajstić information content (AvgIpc) is 3.01. The molecule has 0 spiro atoms. The lowest BCUT2D eigenvalue weighted by Gasteiger charge is -2.11. The van der Waals surface area contributed by atoms with E-state index in [0.717, 1.165) is 29.7 Å². The zero-order valence-electron chi connectivity index (χ0n) is 23.5. The molecule has 0 atom stereocenters. The lowest BCUT2D eigenvalue weighted by Crippen LogP contribution is -2.27. The molecule has 3 aromatic carbocycles. The second-order valence-corrected chi connectivity index (χ2v) is 11.4. The summed E-state index contributed by atoms with van der Waals surface area (Å²) in [5, 5.41) is 3.54. The number of aromatic nitrogens is 2. The van der Waals surface area contributed by atoms with Crippen molar-refractivity contribution >= 4 is 33.3 Å². The molecule has 4 aromatic rings. The summed E-state index contributed by atoms with van der Waals surface area (Å²) in [4.78, 5) is 9.05. The van der Waals surface area contributed by atoms with Crippen LogP contribution >= 0.6 is 11.6 Å². The van der Waals surface area contributed by atoms with E-state index in [-0.39, 0.29) is 18.0 Å². The molecule has 4 rings (SSSR count). The monoisotopic (exact) mass is 610 g/mol. The standard InChI is InChI=1S/C31H35ClN4O5S/c1-2-16-39-18-20-41-21-19-40-17-15-34-42(37,38)28-13-11-27(12-14-28)35-31-33-23-29(32)30(36-31)26-10-6-9-25(22-26)24-7-4-3-5-8-24/h3-14,22-23,34H,2,15-21H2,1H3,(H,33,35,36). The van der Waals surface area contributed by atoms with Crippen LogP contribution < -0.4 is 10.0 Å². The van der Waals surface area contributed by atoms with E-state index in [9.17, 15) is 8.42 Å². The second-order valence-electron chi connectivity index (χ2n) is 9.22. The molecule has 0 bridgehead atoms. The summed E-state index contributed by atoms with van der Waals surface area (Å²) in [6.45, 7) is 5.03. The van der Waals surface area contributed by atoms with Crippen molar-refractivity contribution in [1.29, 1.82) is 0 Å². The summed E-state index contributed by atoms with van der Waals surface area (Å²) >= 11 is 6.46. The molecule has 11 heteroatoms. The first kappa shape index (κ1) is 31.6. The number of anilines is 2. The molecule has 1 aromatic heterocycles. The third-order valence-corrected chi connectivity index (χ3v) is 7.79. The Morgan fingerprint density at radius 1 is 0.762 bits per heavy atom. The summed E-state index contributed by atoms with van der Waals surface area (Å²) in [6, 6.07) is 24.4. The molecule has 9 nitrogen and oxygen atoms in total. The summed E-state index contributed by atoms with van der Waals surface area (Å²) < 4.78 is 44.0. The van der Waals surface area contributed by atoms with Crippen molar-refractivity contribution < 1.29 is 22.6 Å². The first-order valence-corrected chi connectivity index (χ1v) is 15.6. The van der Waals surface area contributed by atoms with Crippen LogP contribution in [-0.4, -0.2) is 64.6 Å². The van der Waals surface area contributed by atoms with Crippen LogP contribution in [-0.2, 0) is 24.2 Å². The van der Waals surface area contributed by atoms with Crippen LogP contribution in [0.1, 0.15) is 13.3 Å². The average molecular weight is 611 g/mol. The number of sulfonamides is 1. The van der Waals surface area contributed by atoms with Crippen LogP contribution in [0.4, 0.5) is 11.6 Å². The van der Waals surface area contributed by atoms with E-state index < -0.39 is 10.0 Å².